The second-order valence-electron chi connectivity index (χ2n) is 9.27. The molecule has 7 heteroatoms. The van der Waals surface area contributed by atoms with Crippen LogP contribution in [0.15, 0.2) is 67.4 Å². The van der Waals surface area contributed by atoms with Gasteiger partial charge in [-0.1, -0.05) is 18.2 Å². The molecular weight excluding hydrogens is 441 g/mol. The molecule has 2 aromatic carbocycles. The lowest BCUT2D eigenvalue weighted by Crippen LogP contribution is -2.55. The fourth-order valence-electron chi connectivity index (χ4n) is 5.48. The molecule has 3 aromatic rings. The molecule has 178 valence electrons. The van der Waals surface area contributed by atoms with E-state index >= 15 is 0 Å². The van der Waals surface area contributed by atoms with E-state index in [4.69, 9.17) is 4.74 Å². The fraction of sp³-hybridized carbons (Fsp3) is 0.370. The first-order valence-electron chi connectivity index (χ1n) is 11.6. The lowest BCUT2D eigenvalue weighted by Gasteiger charge is -2.51. The monoisotopic (exact) mass is 468 g/mol. The normalized spacial score (nSPS) is 25.4. The van der Waals surface area contributed by atoms with Gasteiger partial charge in [0.05, 0.1) is 23.8 Å². The highest BCUT2D eigenvalue weighted by Gasteiger charge is 2.43. The van der Waals surface area contributed by atoms with E-state index in [1.807, 2.05) is 12.1 Å². The predicted molar refractivity (Wildman–Crippen MR) is 124 cm³/mol. The fourth-order valence-corrected chi connectivity index (χ4v) is 5.48. The highest BCUT2D eigenvalue weighted by molar-refractivity contribution is 5.83. The number of hydrogen-bond donors (Lipinski definition) is 1. The molecule has 34 heavy (non-hydrogen) atoms. The van der Waals surface area contributed by atoms with Crippen LogP contribution in [0, 0.1) is 11.8 Å². The number of halogens is 3. The quantitative estimate of drug-likeness (QED) is 0.443. The molecule has 3 aliphatic heterocycles. The third-order valence-corrected chi connectivity index (χ3v) is 7.28. The number of nitrogens with zero attached hydrogens (tertiary/aromatic N) is 2. The van der Waals surface area contributed by atoms with Crippen molar-refractivity contribution < 1.29 is 23.0 Å². The van der Waals surface area contributed by atoms with E-state index in [-0.39, 0.29) is 24.5 Å². The molecule has 4 nitrogen and oxygen atoms in total. The second kappa shape index (κ2) is 9.04. The smallest absolute Gasteiger partial charge is 0.416 e. The van der Waals surface area contributed by atoms with Crippen LogP contribution in [0.25, 0.3) is 10.9 Å². The number of benzene rings is 2. The topological polar surface area (TPSA) is 45.6 Å². The maximum absolute atomic E-state index is 13.0. The van der Waals surface area contributed by atoms with Crippen molar-refractivity contribution in [1.82, 2.24) is 9.88 Å². The minimum Gasteiger partial charge on any atom is -0.508 e. The van der Waals surface area contributed by atoms with Gasteiger partial charge in [-0.05, 0) is 78.7 Å². The van der Waals surface area contributed by atoms with Crippen LogP contribution in [0.1, 0.15) is 35.6 Å². The molecule has 0 amide bonds. The van der Waals surface area contributed by atoms with Crippen molar-refractivity contribution in [3.05, 3.63) is 84.1 Å². The summed E-state index contributed by atoms with van der Waals surface area (Å²) in [6.07, 6.45) is 1.18. The number of aromatic nitrogens is 1. The minimum atomic E-state index is -4.36. The third-order valence-electron chi connectivity index (χ3n) is 7.28. The summed E-state index contributed by atoms with van der Waals surface area (Å²) in [6.45, 7) is 6.10. The number of hydrogen-bond acceptors (Lipinski definition) is 4. The summed E-state index contributed by atoms with van der Waals surface area (Å²) in [6, 6.07) is 12.3. The van der Waals surface area contributed by atoms with Crippen LogP contribution in [0.3, 0.4) is 0 Å². The van der Waals surface area contributed by atoms with E-state index in [0.29, 0.717) is 17.4 Å². The first-order chi connectivity index (χ1) is 16.3. The van der Waals surface area contributed by atoms with Gasteiger partial charge in [0.1, 0.15) is 5.75 Å². The Morgan fingerprint density at radius 2 is 1.97 bits per heavy atom. The number of phenols is 1. The summed E-state index contributed by atoms with van der Waals surface area (Å²) in [7, 11) is 0. The van der Waals surface area contributed by atoms with E-state index in [1.165, 1.54) is 12.1 Å². The van der Waals surface area contributed by atoms with Crippen LogP contribution < -0.4 is 0 Å². The predicted octanol–water partition coefficient (Wildman–Crippen LogP) is 6.11. The maximum atomic E-state index is 13.0. The molecule has 0 spiro atoms. The van der Waals surface area contributed by atoms with Gasteiger partial charge in [0.2, 0.25) is 0 Å². The van der Waals surface area contributed by atoms with Crippen LogP contribution in [-0.4, -0.2) is 34.1 Å². The van der Waals surface area contributed by atoms with Crippen molar-refractivity contribution >= 4 is 10.9 Å². The average molecular weight is 469 g/mol. The molecule has 0 radical (unpaired) electrons. The lowest BCUT2D eigenvalue weighted by atomic mass is 9.73. The number of alkyl halides is 3. The number of pyridine rings is 1. The molecule has 3 aliphatic rings. The van der Waals surface area contributed by atoms with Crippen LogP contribution in [0.4, 0.5) is 13.2 Å². The molecule has 1 N–H and O–H groups in total. The molecular formula is C27H27F3N2O2. The van der Waals surface area contributed by atoms with E-state index in [1.54, 1.807) is 24.4 Å². The molecule has 6 rings (SSSR count). The van der Waals surface area contributed by atoms with Gasteiger partial charge in [-0.3, -0.25) is 9.88 Å². The Labute approximate surface area is 196 Å². The molecule has 4 unspecified atom stereocenters. The Hall–Kier alpha value is -2.90. The minimum absolute atomic E-state index is 0.123. The van der Waals surface area contributed by atoms with Crippen LogP contribution in [0.2, 0.25) is 0 Å². The van der Waals surface area contributed by atoms with Gasteiger partial charge in [0.25, 0.3) is 0 Å². The SMILES string of the molecule is C=CC1CN2CCC1CC2[C@@H](OCc1ccc(C(F)(F)F)cc1)c1ccnc2ccc(O)cc12. The van der Waals surface area contributed by atoms with E-state index < -0.39 is 11.7 Å². The van der Waals surface area contributed by atoms with Gasteiger partial charge in [0, 0.05) is 24.2 Å². The molecule has 3 fully saturated rings. The second-order valence-corrected chi connectivity index (χ2v) is 9.27. The number of rotatable bonds is 6. The van der Waals surface area contributed by atoms with E-state index in [9.17, 15) is 18.3 Å². The molecule has 5 atom stereocenters. The van der Waals surface area contributed by atoms with Crippen molar-refractivity contribution in [2.45, 2.75) is 37.8 Å². The first-order valence-corrected chi connectivity index (χ1v) is 11.6. The zero-order valence-electron chi connectivity index (χ0n) is 18.7. The van der Waals surface area contributed by atoms with Crippen molar-refractivity contribution in [2.75, 3.05) is 13.1 Å². The van der Waals surface area contributed by atoms with Crippen molar-refractivity contribution in [3.8, 4) is 5.75 Å². The molecule has 0 saturated carbocycles. The van der Waals surface area contributed by atoms with Crippen molar-refractivity contribution in [1.29, 1.82) is 0 Å². The van der Waals surface area contributed by atoms with E-state index in [2.05, 4.69) is 16.5 Å². The maximum Gasteiger partial charge on any atom is 0.416 e. The molecule has 3 saturated heterocycles. The Morgan fingerprint density at radius 1 is 1.18 bits per heavy atom. The van der Waals surface area contributed by atoms with Crippen LogP contribution >= 0.6 is 0 Å². The van der Waals surface area contributed by atoms with Gasteiger partial charge < -0.3 is 9.84 Å². The number of piperidine rings is 3. The largest absolute Gasteiger partial charge is 0.508 e. The summed E-state index contributed by atoms with van der Waals surface area (Å²) in [5.41, 5.74) is 1.70. The first kappa shape index (κ1) is 22.9. The summed E-state index contributed by atoms with van der Waals surface area (Å²) >= 11 is 0. The Morgan fingerprint density at radius 3 is 2.65 bits per heavy atom. The van der Waals surface area contributed by atoms with Gasteiger partial charge in [-0.2, -0.15) is 13.2 Å². The Balaban J connectivity index is 1.47. The van der Waals surface area contributed by atoms with E-state index in [0.717, 1.165) is 54.5 Å². The third kappa shape index (κ3) is 4.42. The Bertz CT molecular complexity index is 1180. The summed E-state index contributed by atoms with van der Waals surface area (Å²) in [5, 5.41) is 11.0. The summed E-state index contributed by atoms with van der Waals surface area (Å²) in [4.78, 5) is 6.88. The summed E-state index contributed by atoms with van der Waals surface area (Å²) in [5.74, 6) is 1.14. The van der Waals surface area contributed by atoms with Gasteiger partial charge in [-0.15, -0.1) is 6.58 Å². The highest BCUT2D eigenvalue weighted by atomic mass is 19.4. The summed E-state index contributed by atoms with van der Waals surface area (Å²) < 4.78 is 45.4. The molecule has 4 heterocycles. The zero-order chi connectivity index (χ0) is 23.9. The van der Waals surface area contributed by atoms with Gasteiger partial charge in [0.15, 0.2) is 0 Å². The standard InChI is InChI=1S/C27H27F3N2O2/c1-2-18-15-32-12-10-19(18)13-25(32)26(22-9-11-31-24-8-7-21(33)14-23(22)24)34-16-17-3-5-20(6-4-17)27(28,29)30/h2-9,11,14,18-19,25-26,33H,1,10,12-13,15-16H2/t18?,19?,25?,26-/m0/s1. The zero-order valence-corrected chi connectivity index (χ0v) is 18.7. The Kier molecular flexibility index (Phi) is 6.08. The number of aromatic hydroxyl groups is 1. The van der Waals surface area contributed by atoms with Crippen LogP contribution in [-0.2, 0) is 17.5 Å². The number of phenolic OH excluding ortho intramolecular Hbond substituents is 1. The van der Waals surface area contributed by atoms with Crippen molar-refractivity contribution in [2.24, 2.45) is 11.8 Å². The average Bonchev–Trinajstić information content (AvgIpc) is 2.84. The van der Waals surface area contributed by atoms with Crippen molar-refractivity contribution in [3.63, 3.8) is 0 Å². The molecule has 2 bridgehead atoms. The number of fused-ring (bicyclic) bond motifs is 4. The highest BCUT2D eigenvalue weighted by Crippen LogP contribution is 2.44. The van der Waals surface area contributed by atoms with Gasteiger partial charge >= 0.3 is 6.18 Å². The number of ether oxygens (including phenoxy) is 1. The molecule has 0 aliphatic carbocycles. The lowest BCUT2D eigenvalue weighted by molar-refractivity contribution is -0.137. The van der Waals surface area contributed by atoms with Gasteiger partial charge in [-0.25, -0.2) is 0 Å². The van der Waals surface area contributed by atoms with Crippen LogP contribution in [0.5, 0.6) is 5.75 Å². The molecule has 1 aromatic heterocycles.